The highest BCUT2D eigenvalue weighted by Crippen LogP contribution is 2.42. The number of dihydropyridines is 1. The Morgan fingerprint density at radius 3 is 2.67 bits per heavy atom. The number of aryl methyl sites for hydroxylation is 1. The molecule has 2 aromatic rings. The molecule has 0 radical (unpaired) electrons. The fourth-order valence-corrected chi connectivity index (χ4v) is 4.93. The third-order valence-corrected chi connectivity index (χ3v) is 6.60. The van der Waals surface area contributed by atoms with E-state index in [0.29, 0.717) is 21.9 Å². The molecule has 1 aliphatic rings. The molecule has 0 saturated heterocycles. The van der Waals surface area contributed by atoms with Gasteiger partial charge in [0.15, 0.2) is 0 Å². The molecule has 2 heterocycles. The normalized spacial score (nSPS) is 16.0. The molecule has 1 atom stereocenters. The van der Waals surface area contributed by atoms with E-state index >= 15 is 0 Å². The van der Waals surface area contributed by atoms with Crippen LogP contribution < -0.4 is 10.6 Å². The van der Waals surface area contributed by atoms with Crippen LogP contribution in [0.5, 0.6) is 0 Å². The van der Waals surface area contributed by atoms with Gasteiger partial charge in [-0.25, -0.2) is 0 Å². The van der Waals surface area contributed by atoms with Gasteiger partial charge in [-0.3, -0.25) is 9.59 Å². The summed E-state index contributed by atoms with van der Waals surface area (Å²) in [6.45, 7) is 3.73. The second-order valence-corrected chi connectivity index (χ2v) is 8.57. The Hall–Kier alpha value is -3.02. The van der Waals surface area contributed by atoms with Gasteiger partial charge >= 0.3 is 5.97 Å². The number of allylic oxidation sites excluding steroid dienone is 2. The monoisotopic (exact) mass is 439 g/mol. The molecule has 1 aliphatic heterocycles. The Kier molecular flexibility index (Phi) is 6.98. The van der Waals surface area contributed by atoms with Crippen molar-refractivity contribution in [3.8, 4) is 6.07 Å². The van der Waals surface area contributed by atoms with Crippen LogP contribution in [0, 0.1) is 18.3 Å². The van der Waals surface area contributed by atoms with Crippen molar-refractivity contribution in [3.05, 3.63) is 74.1 Å². The minimum absolute atomic E-state index is 0.0686. The minimum atomic E-state index is -0.514. The van der Waals surface area contributed by atoms with Crippen LogP contribution in [0.15, 0.2) is 63.7 Å². The Balaban J connectivity index is 2.00. The topological polar surface area (TPSA) is 91.2 Å². The lowest BCUT2D eigenvalue weighted by atomic mass is 9.86. The number of anilines is 1. The van der Waals surface area contributed by atoms with E-state index in [9.17, 15) is 14.9 Å². The van der Waals surface area contributed by atoms with Gasteiger partial charge in [0.1, 0.15) is 0 Å². The summed E-state index contributed by atoms with van der Waals surface area (Å²) < 4.78 is 4.71. The molecule has 1 aromatic heterocycles. The summed E-state index contributed by atoms with van der Waals surface area (Å²) in [6, 6.07) is 13.6. The average molecular weight is 440 g/mol. The fourth-order valence-electron chi connectivity index (χ4n) is 3.16. The number of carbonyl (C=O) groups is 2. The molecule has 6 nitrogen and oxygen atoms in total. The Morgan fingerprint density at radius 1 is 1.27 bits per heavy atom. The highest BCUT2D eigenvalue weighted by Gasteiger charge is 2.35. The first kappa shape index (κ1) is 21.7. The quantitative estimate of drug-likeness (QED) is 0.652. The first-order chi connectivity index (χ1) is 14.5. The van der Waals surface area contributed by atoms with E-state index < -0.39 is 5.92 Å². The zero-order valence-corrected chi connectivity index (χ0v) is 18.4. The second kappa shape index (κ2) is 9.65. The van der Waals surface area contributed by atoms with Crippen molar-refractivity contribution in [1.29, 1.82) is 5.26 Å². The number of hydrogen-bond donors (Lipinski definition) is 2. The van der Waals surface area contributed by atoms with Gasteiger partial charge in [0.2, 0.25) is 0 Å². The molecule has 0 unspecified atom stereocenters. The average Bonchev–Trinajstić information content (AvgIpc) is 3.27. The van der Waals surface area contributed by atoms with Gasteiger partial charge in [0.05, 0.1) is 35.5 Å². The van der Waals surface area contributed by atoms with Crippen molar-refractivity contribution in [2.24, 2.45) is 0 Å². The van der Waals surface area contributed by atoms with E-state index in [1.54, 1.807) is 6.92 Å². The number of thiophene rings is 1. The predicted octanol–water partition coefficient (Wildman–Crippen LogP) is 4.30. The van der Waals surface area contributed by atoms with E-state index in [1.807, 2.05) is 48.7 Å². The highest BCUT2D eigenvalue weighted by atomic mass is 32.2. The standard InChI is InChI=1S/C22H21N3O3S2/c1-13-7-4-5-8-16(13)25-21(27)19-14(2)24-22(30-12-18(26)28-3)15(11-23)20(19)17-9-6-10-29-17/h4-10,20,24H,12H2,1-3H3,(H,25,27)/t20-/m1/s1. The molecule has 1 amide bonds. The second-order valence-electron chi connectivity index (χ2n) is 6.60. The summed E-state index contributed by atoms with van der Waals surface area (Å²) in [7, 11) is 1.32. The lowest BCUT2D eigenvalue weighted by molar-refractivity contribution is -0.137. The van der Waals surface area contributed by atoms with Crippen molar-refractivity contribution in [2.75, 3.05) is 18.2 Å². The molecule has 0 spiro atoms. The maximum absolute atomic E-state index is 13.3. The van der Waals surface area contributed by atoms with E-state index in [-0.39, 0.29) is 17.6 Å². The first-order valence-corrected chi connectivity index (χ1v) is 11.0. The molecule has 0 saturated carbocycles. The lowest BCUT2D eigenvalue weighted by Crippen LogP contribution is -2.30. The zero-order chi connectivity index (χ0) is 21.7. The maximum Gasteiger partial charge on any atom is 0.316 e. The van der Waals surface area contributed by atoms with Gasteiger partial charge in [-0.05, 0) is 36.9 Å². The third-order valence-electron chi connectivity index (χ3n) is 4.68. The van der Waals surface area contributed by atoms with Crippen LogP contribution in [0.25, 0.3) is 0 Å². The van der Waals surface area contributed by atoms with E-state index in [1.165, 1.54) is 30.2 Å². The maximum atomic E-state index is 13.3. The number of nitrogens with zero attached hydrogens (tertiary/aromatic N) is 1. The number of benzene rings is 1. The van der Waals surface area contributed by atoms with Crippen LogP contribution in [-0.2, 0) is 14.3 Å². The number of nitrogens with one attached hydrogen (secondary N) is 2. The van der Waals surface area contributed by atoms with Gasteiger partial charge in [-0.15, -0.1) is 11.3 Å². The predicted molar refractivity (Wildman–Crippen MR) is 120 cm³/mol. The van der Waals surface area contributed by atoms with Crippen LogP contribution >= 0.6 is 23.1 Å². The molecule has 2 N–H and O–H groups in total. The minimum Gasteiger partial charge on any atom is -0.468 e. The van der Waals surface area contributed by atoms with Crippen molar-refractivity contribution < 1.29 is 14.3 Å². The SMILES string of the molecule is COC(=O)CSC1=C(C#N)[C@H](c2cccs2)C(C(=O)Nc2ccccc2C)=C(C)N1. The van der Waals surface area contributed by atoms with Gasteiger partial charge in [-0.1, -0.05) is 36.0 Å². The first-order valence-electron chi connectivity index (χ1n) is 9.18. The number of esters is 1. The Labute approximate surface area is 183 Å². The molecule has 0 bridgehead atoms. The summed E-state index contributed by atoms with van der Waals surface area (Å²) in [6.07, 6.45) is 0. The number of hydrogen-bond acceptors (Lipinski definition) is 7. The number of para-hydroxylation sites is 1. The van der Waals surface area contributed by atoms with Crippen molar-refractivity contribution >= 4 is 40.7 Å². The molecule has 8 heteroatoms. The van der Waals surface area contributed by atoms with Crippen LogP contribution in [0.3, 0.4) is 0 Å². The van der Waals surface area contributed by atoms with Gasteiger partial charge in [-0.2, -0.15) is 5.26 Å². The number of ether oxygens (including phenoxy) is 1. The molecule has 154 valence electrons. The number of amides is 1. The molecule has 3 rings (SSSR count). The summed E-state index contributed by atoms with van der Waals surface area (Å²) >= 11 is 2.68. The number of nitriles is 1. The molecule has 1 aromatic carbocycles. The van der Waals surface area contributed by atoms with E-state index in [0.717, 1.165) is 16.1 Å². The van der Waals surface area contributed by atoms with E-state index in [2.05, 4.69) is 16.7 Å². The number of methoxy groups -OCH3 is 1. The molecule has 0 fully saturated rings. The molecule has 30 heavy (non-hydrogen) atoms. The van der Waals surface area contributed by atoms with Crippen molar-refractivity contribution in [3.63, 3.8) is 0 Å². The lowest BCUT2D eigenvalue weighted by Gasteiger charge is -2.29. The Morgan fingerprint density at radius 2 is 2.03 bits per heavy atom. The summed E-state index contributed by atoms with van der Waals surface area (Å²) in [5.74, 6) is -1.10. The van der Waals surface area contributed by atoms with Gasteiger partial charge in [0.25, 0.3) is 5.91 Å². The smallest absolute Gasteiger partial charge is 0.316 e. The summed E-state index contributed by atoms with van der Waals surface area (Å²) in [5, 5.41) is 18.6. The highest BCUT2D eigenvalue weighted by molar-refractivity contribution is 8.03. The fraction of sp³-hybridized carbons (Fsp3) is 0.227. The van der Waals surface area contributed by atoms with Gasteiger partial charge < -0.3 is 15.4 Å². The van der Waals surface area contributed by atoms with Crippen LogP contribution in [-0.4, -0.2) is 24.7 Å². The van der Waals surface area contributed by atoms with Gasteiger partial charge in [0, 0.05) is 21.8 Å². The third kappa shape index (κ3) is 4.58. The summed E-state index contributed by atoms with van der Waals surface area (Å²) in [5.41, 5.74) is 3.21. The van der Waals surface area contributed by atoms with Crippen LogP contribution in [0.1, 0.15) is 23.3 Å². The largest absolute Gasteiger partial charge is 0.468 e. The van der Waals surface area contributed by atoms with Crippen molar-refractivity contribution in [1.82, 2.24) is 5.32 Å². The number of thioether (sulfide) groups is 1. The summed E-state index contributed by atoms with van der Waals surface area (Å²) in [4.78, 5) is 25.8. The van der Waals surface area contributed by atoms with Crippen LogP contribution in [0.2, 0.25) is 0 Å². The molecule has 0 aliphatic carbocycles. The molecular weight excluding hydrogens is 418 g/mol. The van der Waals surface area contributed by atoms with E-state index in [4.69, 9.17) is 4.74 Å². The van der Waals surface area contributed by atoms with Crippen molar-refractivity contribution in [2.45, 2.75) is 19.8 Å². The number of carbonyl (C=O) groups excluding carboxylic acids is 2. The number of rotatable bonds is 6. The zero-order valence-electron chi connectivity index (χ0n) is 16.8. The Bertz CT molecular complexity index is 1070. The molecular formula is C22H21N3O3S2. The van der Waals surface area contributed by atoms with Crippen LogP contribution in [0.4, 0.5) is 5.69 Å².